The van der Waals surface area contributed by atoms with Crippen LogP contribution in [0.4, 0.5) is 15.8 Å². The van der Waals surface area contributed by atoms with Crippen molar-refractivity contribution in [3.8, 4) is 0 Å². The number of carbonyl (C=O) groups excluding carboxylic acids is 2. The second kappa shape index (κ2) is 10.5. The van der Waals surface area contributed by atoms with Crippen LogP contribution in [0, 0.1) is 5.82 Å². The average Bonchev–Trinajstić information content (AvgIpc) is 2.86. The highest BCUT2D eigenvalue weighted by Gasteiger charge is 2.26. The van der Waals surface area contributed by atoms with Gasteiger partial charge < -0.3 is 15.4 Å². The van der Waals surface area contributed by atoms with Crippen molar-refractivity contribution < 1.29 is 27.1 Å². The van der Waals surface area contributed by atoms with E-state index in [2.05, 4.69) is 10.6 Å². The molecular formula is C24H21ClFN3O5S. The van der Waals surface area contributed by atoms with Gasteiger partial charge in [0.1, 0.15) is 5.82 Å². The first-order chi connectivity index (χ1) is 16.7. The van der Waals surface area contributed by atoms with Gasteiger partial charge in [0.15, 0.2) is 0 Å². The standard InChI is InChI=1S/C24H21ClFN3O5S/c25-17-3-10-22(28-23(30)16-1-4-18(26)5-2-16)21(15-17)24(31)27-19-6-8-20(9-7-19)35(32,33)29-11-13-34-14-12-29/h1-10,15H,11-14H2,(H,27,31)(H,28,30). The first kappa shape index (κ1) is 24.8. The minimum atomic E-state index is -3.66. The summed E-state index contributed by atoms with van der Waals surface area (Å²) in [6.07, 6.45) is 0. The van der Waals surface area contributed by atoms with Gasteiger partial charge in [0.25, 0.3) is 11.8 Å². The molecule has 1 aliphatic rings. The van der Waals surface area contributed by atoms with Gasteiger partial charge in [0.2, 0.25) is 10.0 Å². The molecule has 0 radical (unpaired) electrons. The maximum absolute atomic E-state index is 13.1. The molecule has 0 atom stereocenters. The molecule has 11 heteroatoms. The molecule has 2 amide bonds. The van der Waals surface area contributed by atoms with E-state index >= 15 is 0 Å². The highest BCUT2D eigenvalue weighted by atomic mass is 35.5. The number of nitrogens with one attached hydrogen (secondary N) is 2. The molecule has 3 aromatic rings. The van der Waals surface area contributed by atoms with Gasteiger partial charge in [-0.2, -0.15) is 4.31 Å². The number of nitrogens with zero attached hydrogens (tertiary/aromatic N) is 1. The summed E-state index contributed by atoms with van der Waals surface area (Å²) >= 11 is 6.07. The summed E-state index contributed by atoms with van der Waals surface area (Å²) < 4.78 is 45.2. The monoisotopic (exact) mass is 517 g/mol. The summed E-state index contributed by atoms with van der Waals surface area (Å²) in [4.78, 5) is 25.6. The number of benzene rings is 3. The zero-order valence-electron chi connectivity index (χ0n) is 18.3. The number of rotatable bonds is 6. The van der Waals surface area contributed by atoms with Gasteiger partial charge in [0.05, 0.1) is 29.4 Å². The number of sulfonamides is 1. The molecule has 2 N–H and O–H groups in total. The van der Waals surface area contributed by atoms with Crippen molar-refractivity contribution in [3.05, 3.63) is 88.7 Å². The SMILES string of the molecule is O=C(Nc1ccc(Cl)cc1C(=O)Nc1ccc(S(=O)(=O)N2CCOCC2)cc1)c1ccc(F)cc1. The summed E-state index contributed by atoms with van der Waals surface area (Å²) in [5.74, 6) is -1.57. The molecule has 1 saturated heterocycles. The lowest BCUT2D eigenvalue weighted by Crippen LogP contribution is -2.40. The van der Waals surface area contributed by atoms with Gasteiger partial charge in [-0.05, 0) is 66.7 Å². The van der Waals surface area contributed by atoms with Crippen molar-refractivity contribution in [3.63, 3.8) is 0 Å². The van der Waals surface area contributed by atoms with Crippen molar-refractivity contribution in [2.24, 2.45) is 0 Å². The fourth-order valence-electron chi connectivity index (χ4n) is 3.45. The summed E-state index contributed by atoms with van der Waals surface area (Å²) in [6, 6.07) is 15.2. The highest BCUT2D eigenvalue weighted by molar-refractivity contribution is 7.89. The van der Waals surface area contributed by atoms with Crippen LogP contribution in [0.1, 0.15) is 20.7 Å². The van der Waals surface area contributed by atoms with Crippen LogP contribution in [0.15, 0.2) is 71.6 Å². The van der Waals surface area contributed by atoms with Crippen LogP contribution < -0.4 is 10.6 Å². The predicted molar refractivity (Wildman–Crippen MR) is 130 cm³/mol. The van der Waals surface area contributed by atoms with Crippen LogP contribution in [0.2, 0.25) is 5.02 Å². The number of morpholine rings is 1. The van der Waals surface area contributed by atoms with E-state index in [-0.39, 0.29) is 39.8 Å². The van der Waals surface area contributed by atoms with E-state index in [1.54, 1.807) is 0 Å². The topological polar surface area (TPSA) is 105 Å². The molecule has 0 spiro atoms. The molecule has 0 aliphatic carbocycles. The van der Waals surface area contributed by atoms with Crippen LogP contribution >= 0.6 is 11.6 Å². The summed E-state index contributed by atoms with van der Waals surface area (Å²) in [5, 5.41) is 5.59. The van der Waals surface area contributed by atoms with E-state index in [0.717, 1.165) is 12.1 Å². The second-order valence-electron chi connectivity index (χ2n) is 7.65. The second-order valence-corrected chi connectivity index (χ2v) is 10.0. The molecule has 0 bridgehead atoms. The fraction of sp³-hybridized carbons (Fsp3) is 0.167. The Morgan fingerprint density at radius 3 is 2.20 bits per heavy atom. The molecule has 1 fully saturated rings. The third kappa shape index (κ3) is 5.85. The maximum Gasteiger partial charge on any atom is 0.257 e. The molecule has 0 saturated carbocycles. The number of ether oxygens (including phenoxy) is 1. The third-order valence-corrected chi connectivity index (χ3v) is 7.45. The number of hydrogen-bond donors (Lipinski definition) is 2. The van der Waals surface area contributed by atoms with Gasteiger partial charge in [-0.1, -0.05) is 11.6 Å². The molecule has 35 heavy (non-hydrogen) atoms. The van der Waals surface area contributed by atoms with E-state index in [1.807, 2.05) is 0 Å². The van der Waals surface area contributed by atoms with Crippen LogP contribution in [0.5, 0.6) is 0 Å². The Kier molecular flexibility index (Phi) is 7.46. The molecule has 3 aromatic carbocycles. The van der Waals surface area contributed by atoms with Crippen LogP contribution in [0.25, 0.3) is 0 Å². The van der Waals surface area contributed by atoms with Crippen LogP contribution in [-0.4, -0.2) is 50.8 Å². The lowest BCUT2D eigenvalue weighted by Gasteiger charge is -2.26. The fourth-order valence-corrected chi connectivity index (χ4v) is 5.03. The van der Waals surface area contributed by atoms with Crippen molar-refractivity contribution in [1.29, 1.82) is 0 Å². The van der Waals surface area contributed by atoms with Crippen LogP contribution in [-0.2, 0) is 14.8 Å². The Hall–Kier alpha value is -3.31. The minimum Gasteiger partial charge on any atom is -0.379 e. The first-order valence-electron chi connectivity index (χ1n) is 10.6. The van der Waals surface area contributed by atoms with E-state index in [9.17, 15) is 22.4 Å². The van der Waals surface area contributed by atoms with Crippen molar-refractivity contribution >= 4 is 44.8 Å². The van der Waals surface area contributed by atoms with Crippen molar-refractivity contribution in [1.82, 2.24) is 4.31 Å². The van der Waals surface area contributed by atoms with E-state index < -0.39 is 27.7 Å². The average molecular weight is 518 g/mol. The van der Waals surface area contributed by atoms with Gasteiger partial charge in [0, 0.05) is 29.4 Å². The van der Waals surface area contributed by atoms with E-state index in [4.69, 9.17) is 16.3 Å². The Labute approximate surface area is 206 Å². The Morgan fingerprint density at radius 1 is 0.886 bits per heavy atom. The van der Waals surface area contributed by atoms with Crippen LogP contribution in [0.3, 0.4) is 0 Å². The molecule has 1 aliphatic heterocycles. The van der Waals surface area contributed by atoms with Gasteiger partial charge in [-0.25, -0.2) is 12.8 Å². The number of halogens is 2. The molecule has 182 valence electrons. The summed E-state index contributed by atoms with van der Waals surface area (Å²) in [7, 11) is -3.66. The Balaban J connectivity index is 1.50. The molecule has 0 aromatic heterocycles. The first-order valence-corrected chi connectivity index (χ1v) is 12.4. The molecular weight excluding hydrogens is 497 g/mol. The zero-order valence-corrected chi connectivity index (χ0v) is 19.9. The quantitative estimate of drug-likeness (QED) is 0.514. The molecule has 4 rings (SSSR count). The van der Waals surface area contributed by atoms with Gasteiger partial charge in [-0.15, -0.1) is 0 Å². The van der Waals surface area contributed by atoms with Gasteiger partial charge >= 0.3 is 0 Å². The smallest absolute Gasteiger partial charge is 0.257 e. The van der Waals surface area contributed by atoms with Crippen molar-refractivity contribution in [2.75, 3.05) is 36.9 Å². The number of hydrogen-bond acceptors (Lipinski definition) is 5. The largest absolute Gasteiger partial charge is 0.379 e. The number of anilines is 2. The Bertz CT molecular complexity index is 1340. The molecule has 1 heterocycles. The van der Waals surface area contributed by atoms with E-state index in [0.29, 0.717) is 18.9 Å². The van der Waals surface area contributed by atoms with Crippen molar-refractivity contribution in [2.45, 2.75) is 4.90 Å². The lowest BCUT2D eigenvalue weighted by atomic mass is 10.1. The molecule has 0 unspecified atom stereocenters. The minimum absolute atomic E-state index is 0.0953. The lowest BCUT2D eigenvalue weighted by molar-refractivity contribution is 0.0730. The predicted octanol–water partition coefficient (Wildman–Crippen LogP) is 4.00. The third-order valence-electron chi connectivity index (χ3n) is 5.30. The maximum atomic E-state index is 13.1. The zero-order chi connectivity index (χ0) is 25.0. The number of amides is 2. The number of carbonyl (C=O) groups is 2. The summed E-state index contributed by atoms with van der Waals surface area (Å²) in [5.41, 5.74) is 0.863. The van der Waals surface area contributed by atoms with Gasteiger partial charge in [-0.3, -0.25) is 9.59 Å². The highest BCUT2D eigenvalue weighted by Crippen LogP contribution is 2.24. The normalized spacial score (nSPS) is 14.3. The van der Waals surface area contributed by atoms with E-state index in [1.165, 1.54) is 58.9 Å². The Morgan fingerprint density at radius 2 is 1.54 bits per heavy atom. The summed E-state index contributed by atoms with van der Waals surface area (Å²) in [6.45, 7) is 1.24. The molecule has 8 nitrogen and oxygen atoms in total.